The number of carbonyl (C=O) groups is 1. The summed E-state index contributed by atoms with van der Waals surface area (Å²) >= 11 is 5.94. The minimum atomic E-state index is -3.77. The summed E-state index contributed by atoms with van der Waals surface area (Å²) < 4.78 is 27.2. The number of carbonyl (C=O) groups excluding carboxylic acids is 1. The Morgan fingerprint density at radius 2 is 1.88 bits per heavy atom. The zero-order valence-corrected chi connectivity index (χ0v) is 15.0. The fraction of sp³-hybridized carbons (Fsp3) is 0.278. The Bertz CT molecular complexity index is 945. The lowest BCUT2D eigenvalue weighted by Crippen LogP contribution is -2.55. The third-order valence-corrected chi connectivity index (χ3v) is 6.90. The zero-order chi connectivity index (χ0) is 17.6. The van der Waals surface area contributed by atoms with Crippen LogP contribution >= 0.6 is 11.6 Å². The quantitative estimate of drug-likeness (QED) is 0.809. The minimum absolute atomic E-state index is 0.116. The first-order valence-electron chi connectivity index (χ1n) is 8.10. The van der Waals surface area contributed by atoms with E-state index in [9.17, 15) is 13.2 Å². The normalized spacial score (nSPS) is 20.9. The van der Waals surface area contributed by atoms with Gasteiger partial charge < -0.3 is 4.90 Å². The van der Waals surface area contributed by atoms with E-state index in [-0.39, 0.29) is 29.9 Å². The Hall–Kier alpha value is -1.89. The maximum atomic E-state index is 13.0. The van der Waals surface area contributed by atoms with E-state index in [1.807, 2.05) is 24.3 Å². The number of amides is 1. The van der Waals surface area contributed by atoms with Crippen LogP contribution in [-0.4, -0.2) is 43.2 Å². The second-order valence-electron chi connectivity index (χ2n) is 6.31. The van der Waals surface area contributed by atoms with Crippen molar-refractivity contribution >= 4 is 27.5 Å². The average molecular weight is 377 g/mol. The Kier molecular flexibility index (Phi) is 4.06. The van der Waals surface area contributed by atoms with Gasteiger partial charge in [0.25, 0.3) is 0 Å². The molecule has 2 aliphatic rings. The summed E-state index contributed by atoms with van der Waals surface area (Å²) in [5, 5.41) is 0.356. The maximum Gasteiger partial charge on any atom is 0.243 e. The number of piperazine rings is 1. The van der Waals surface area contributed by atoms with Crippen LogP contribution in [0.25, 0.3) is 0 Å². The van der Waals surface area contributed by atoms with Crippen LogP contribution < -0.4 is 0 Å². The van der Waals surface area contributed by atoms with Gasteiger partial charge in [0, 0.05) is 18.1 Å². The molecule has 0 spiro atoms. The van der Waals surface area contributed by atoms with E-state index in [0.717, 1.165) is 12.0 Å². The monoisotopic (exact) mass is 376 g/mol. The first kappa shape index (κ1) is 16.6. The van der Waals surface area contributed by atoms with Crippen LogP contribution in [0.3, 0.4) is 0 Å². The van der Waals surface area contributed by atoms with Gasteiger partial charge in [-0.05, 0) is 35.7 Å². The maximum absolute atomic E-state index is 13.0. The fourth-order valence-corrected chi connectivity index (χ4v) is 5.30. The van der Waals surface area contributed by atoms with Crippen molar-refractivity contribution < 1.29 is 13.2 Å². The summed E-state index contributed by atoms with van der Waals surface area (Å²) in [6.45, 7) is 0.761. The molecule has 25 heavy (non-hydrogen) atoms. The van der Waals surface area contributed by atoms with Crippen molar-refractivity contribution in [3.63, 3.8) is 0 Å². The van der Waals surface area contributed by atoms with Gasteiger partial charge >= 0.3 is 0 Å². The van der Waals surface area contributed by atoms with Crippen molar-refractivity contribution in [1.29, 1.82) is 0 Å². The first-order valence-corrected chi connectivity index (χ1v) is 9.91. The van der Waals surface area contributed by atoms with Crippen LogP contribution in [0.1, 0.15) is 17.2 Å². The third kappa shape index (κ3) is 2.84. The topological polar surface area (TPSA) is 57.7 Å². The number of sulfonamides is 1. The summed E-state index contributed by atoms with van der Waals surface area (Å²) in [7, 11) is -3.77. The molecule has 7 heteroatoms. The molecule has 0 radical (unpaired) electrons. The fourth-order valence-electron chi connectivity index (χ4n) is 3.61. The van der Waals surface area contributed by atoms with Gasteiger partial charge in [-0.15, -0.1) is 0 Å². The molecule has 2 heterocycles. The van der Waals surface area contributed by atoms with Gasteiger partial charge in [0.05, 0.1) is 17.5 Å². The second-order valence-corrected chi connectivity index (χ2v) is 8.68. The number of rotatable bonds is 2. The lowest BCUT2D eigenvalue weighted by Gasteiger charge is -2.44. The number of nitrogens with zero attached hydrogens (tertiary/aromatic N) is 2. The molecule has 0 bridgehead atoms. The smallest absolute Gasteiger partial charge is 0.243 e. The summed E-state index contributed by atoms with van der Waals surface area (Å²) in [5.41, 5.74) is 2.21. The molecule has 1 atom stereocenters. The molecular formula is C18H17ClN2O3S. The highest BCUT2D eigenvalue weighted by Gasteiger charge is 2.41. The molecule has 2 aromatic carbocycles. The molecule has 4 rings (SSSR count). The molecule has 5 nitrogen and oxygen atoms in total. The molecule has 130 valence electrons. The number of benzene rings is 2. The van der Waals surface area contributed by atoms with Crippen molar-refractivity contribution in [2.24, 2.45) is 0 Å². The summed E-state index contributed by atoms with van der Waals surface area (Å²) in [6, 6.07) is 13.8. The Morgan fingerprint density at radius 1 is 1.08 bits per heavy atom. The summed E-state index contributed by atoms with van der Waals surface area (Å²) in [6.07, 6.45) is 0.805. The molecule has 1 unspecified atom stereocenters. The molecule has 2 aromatic rings. The Balaban J connectivity index is 1.71. The van der Waals surface area contributed by atoms with Crippen LogP contribution in [0.5, 0.6) is 0 Å². The lowest BCUT2D eigenvalue weighted by molar-refractivity contribution is -0.138. The lowest BCUT2D eigenvalue weighted by atomic mass is 9.91. The van der Waals surface area contributed by atoms with Crippen LogP contribution in [0.2, 0.25) is 5.02 Å². The van der Waals surface area contributed by atoms with E-state index >= 15 is 0 Å². The van der Waals surface area contributed by atoms with Gasteiger partial charge in [0.15, 0.2) is 0 Å². The van der Waals surface area contributed by atoms with Gasteiger partial charge in [-0.1, -0.05) is 41.9 Å². The number of halogens is 1. The van der Waals surface area contributed by atoms with Crippen molar-refractivity contribution in [3.05, 3.63) is 64.7 Å². The van der Waals surface area contributed by atoms with Crippen molar-refractivity contribution in [2.45, 2.75) is 17.4 Å². The molecule has 0 aromatic heterocycles. The van der Waals surface area contributed by atoms with E-state index in [0.29, 0.717) is 11.6 Å². The largest absolute Gasteiger partial charge is 0.333 e. The van der Waals surface area contributed by atoms with Crippen LogP contribution in [-0.2, 0) is 21.2 Å². The third-order valence-electron chi connectivity index (χ3n) is 4.85. The molecule has 0 aliphatic carbocycles. The number of hydrogen-bond acceptors (Lipinski definition) is 3. The molecule has 2 aliphatic heterocycles. The predicted molar refractivity (Wildman–Crippen MR) is 94.8 cm³/mol. The molecule has 0 N–H and O–H groups in total. The van der Waals surface area contributed by atoms with Gasteiger partial charge in [-0.2, -0.15) is 4.31 Å². The standard InChI is InChI=1S/C18H17ClN2O3S/c19-14-5-3-6-15(10-14)25(23,24)20-11-17-16-7-2-1-4-13(16)8-9-21(17)18(22)12-20/h1-7,10,17H,8-9,11-12H2. The van der Waals surface area contributed by atoms with Gasteiger partial charge in [-0.25, -0.2) is 8.42 Å². The highest BCUT2D eigenvalue weighted by molar-refractivity contribution is 7.89. The Labute approximate surface area is 151 Å². The van der Waals surface area contributed by atoms with E-state index in [4.69, 9.17) is 11.6 Å². The number of hydrogen-bond donors (Lipinski definition) is 0. The second kappa shape index (κ2) is 6.12. The van der Waals surface area contributed by atoms with Crippen molar-refractivity contribution in [3.8, 4) is 0 Å². The van der Waals surface area contributed by atoms with E-state index < -0.39 is 10.0 Å². The molecule has 0 saturated carbocycles. The highest BCUT2D eigenvalue weighted by atomic mass is 35.5. The highest BCUT2D eigenvalue weighted by Crippen LogP contribution is 2.34. The molecule has 1 fully saturated rings. The predicted octanol–water partition coefficient (Wildman–Crippen LogP) is 2.47. The summed E-state index contributed by atoms with van der Waals surface area (Å²) in [5.74, 6) is -0.156. The SMILES string of the molecule is O=C1CN(S(=O)(=O)c2cccc(Cl)c2)CC2c3ccccc3CCN12. The molecular weight excluding hydrogens is 360 g/mol. The number of fused-ring (bicyclic) bond motifs is 3. The van der Waals surface area contributed by atoms with Gasteiger partial charge in [0.2, 0.25) is 15.9 Å². The zero-order valence-electron chi connectivity index (χ0n) is 13.4. The average Bonchev–Trinajstić information content (AvgIpc) is 2.61. The molecule has 1 amide bonds. The first-order chi connectivity index (χ1) is 12.0. The van der Waals surface area contributed by atoms with Crippen molar-refractivity contribution in [1.82, 2.24) is 9.21 Å². The molecule has 1 saturated heterocycles. The minimum Gasteiger partial charge on any atom is -0.333 e. The van der Waals surface area contributed by atoms with E-state index in [1.54, 1.807) is 17.0 Å². The van der Waals surface area contributed by atoms with Crippen LogP contribution in [0.15, 0.2) is 53.4 Å². The summed E-state index contributed by atoms with van der Waals surface area (Å²) in [4.78, 5) is 14.5. The van der Waals surface area contributed by atoms with Crippen molar-refractivity contribution in [2.75, 3.05) is 19.6 Å². The van der Waals surface area contributed by atoms with Crippen LogP contribution in [0, 0.1) is 0 Å². The van der Waals surface area contributed by atoms with E-state index in [1.165, 1.54) is 22.0 Å². The van der Waals surface area contributed by atoms with Gasteiger partial charge in [0.1, 0.15) is 0 Å². The van der Waals surface area contributed by atoms with Crippen LogP contribution in [0.4, 0.5) is 0 Å². The Morgan fingerprint density at radius 3 is 2.68 bits per heavy atom. The van der Waals surface area contributed by atoms with Gasteiger partial charge in [-0.3, -0.25) is 4.79 Å². The van der Waals surface area contributed by atoms with E-state index in [2.05, 4.69) is 0 Å².